The van der Waals surface area contributed by atoms with Gasteiger partial charge in [-0.05, 0) is 12.8 Å². The number of carboxylic acids is 1. The van der Waals surface area contributed by atoms with Gasteiger partial charge in [-0.15, -0.1) is 0 Å². The summed E-state index contributed by atoms with van der Waals surface area (Å²) in [5, 5.41) is 11.9. The minimum atomic E-state index is -1.18. The van der Waals surface area contributed by atoms with Gasteiger partial charge in [0.15, 0.2) is 6.04 Å². The standard InChI is InChI=1S/C35H67NO5/c1-3-5-7-9-11-13-15-17-19-21-23-25-27-29-33(37)36-32(35(39)40)31-41-34(38)30-28-26-24-22-20-18-16-14-12-10-8-6-4-2/h32H,3-31H2,1-2H3,(H,36,37)(H,39,40). The highest BCUT2D eigenvalue weighted by Gasteiger charge is 2.21. The second-order valence-corrected chi connectivity index (χ2v) is 12.1. The van der Waals surface area contributed by atoms with E-state index in [0.717, 1.165) is 38.5 Å². The normalized spacial score (nSPS) is 11.9. The second-order valence-electron chi connectivity index (χ2n) is 12.1. The third-order valence-corrected chi connectivity index (χ3v) is 8.04. The minimum absolute atomic E-state index is 0.284. The number of hydrogen-bond acceptors (Lipinski definition) is 4. The summed E-state index contributed by atoms with van der Waals surface area (Å²) in [7, 11) is 0. The molecule has 0 heterocycles. The van der Waals surface area contributed by atoms with Crippen LogP contribution in [0.2, 0.25) is 0 Å². The van der Waals surface area contributed by atoms with Gasteiger partial charge in [0.25, 0.3) is 0 Å². The molecule has 0 aromatic carbocycles. The molecule has 41 heavy (non-hydrogen) atoms. The van der Waals surface area contributed by atoms with Gasteiger partial charge in [-0.2, -0.15) is 0 Å². The van der Waals surface area contributed by atoms with Gasteiger partial charge in [-0.3, -0.25) is 9.59 Å². The zero-order valence-electron chi connectivity index (χ0n) is 27.2. The van der Waals surface area contributed by atoms with Crippen LogP contribution in [0.5, 0.6) is 0 Å². The van der Waals surface area contributed by atoms with Crippen LogP contribution in [0.1, 0.15) is 194 Å². The first-order valence-corrected chi connectivity index (χ1v) is 17.7. The lowest BCUT2D eigenvalue weighted by Gasteiger charge is -2.15. The Morgan fingerprint density at radius 2 is 0.829 bits per heavy atom. The third-order valence-electron chi connectivity index (χ3n) is 8.04. The molecule has 0 saturated heterocycles. The van der Waals surface area contributed by atoms with Crippen molar-refractivity contribution in [1.29, 1.82) is 0 Å². The van der Waals surface area contributed by atoms with E-state index < -0.39 is 12.0 Å². The van der Waals surface area contributed by atoms with Gasteiger partial charge in [0.2, 0.25) is 5.91 Å². The molecule has 2 N–H and O–H groups in total. The molecule has 0 spiro atoms. The molecule has 1 unspecified atom stereocenters. The number of hydrogen-bond donors (Lipinski definition) is 2. The Morgan fingerprint density at radius 1 is 0.512 bits per heavy atom. The molecule has 0 aliphatic carbocycles. The fourth-order valence-electron chi connectivity index (χ4n) is 5.28. The summed E-state index contributed by atoms with van der Waals surface area (Å²) in [5.74, 6) is -1.84. The number of unbranched alkanes of at least 4 members (excludes halogenated alkanes) is 24. The number of ether oxygens (including phenoxy) is 1. The van der Waals surface area contributed by atoms with Gasteiger partial charge in [-0.25, -0.2) is 4.79 Å². The number of amides is 1. The SMILES string of the molecule is CCCCCCCCCCCCCCCC(=O)NC(COC(=O)CCCCCCCCCCCCCCC)C(=O)O. The second kappa shape index (κ2) is 31.3. The maximum Gasteiger partial charge on any atom is 0.329 e. The first kappa shape index (κ1) is 39.4. The van der Waals surface area contributed by atoms with Crippen LogP contribution in [0.3, 0.4) is 0 Å². The van der Waals surface area contributed by atoms with Crippen LogP contribution < -0.4 is 5.32 Å². The summed E-state index contributed by atoms with van der Waals surface area (Å²) < 4.78 is 5.16. The van der Waals surface area contributed by atoms with Crippen LogP contribution >= 0.6 is 0 Å². The van der Waals surface area contributed by atoms with Crippen molar-refractivity contribution in [3.63, 3.8) is 0 Å². The quantitative estimate of drug-likeness (QED) is 0.0609. The highest BCUT2D eigenvalue weighted by Crippen LogP contribution is 2.14. The molecule has 6 heteroatoms. The van der Waals surface area contributed by atoms with Crippen molar-refractivity contribution in [3.05, 3.63) is 0 Å². The molecule has 6 nitrogen and oxygen atoms in total. The largest absolute Gasteiger partial charge is 0.480 e. The Labute approximate surface area is 253 Å². The van der Waals surface area contributed by atoms with Crippen LogP contribution in [-0.2, 0) is 19.1 Å². The zero-order chi connectivity index (χ0) is 30.2. The Balaban J connectivity index is 3.66. The van der Waals surface area contributed by atoms with Gasteiger partial charge in [0.05, 0.1) is 0 Å². The van der Waals surface area contributed by atoms with Crippen molar-refractivity contribution >= 4 is 17.8 Å². The molecule has 0 saturated carbocycles. The van der Waals surface area contributed by atoms with Crippen molar-refractivity contribution in [3.8, 4) is 0 Å². The molecule has 1 atom stereocenters. The minimum Gasteiger partial charge on any atom is -0.480 e. The summed E-state index contributed by atoms with van der Waals surface area (Å²) >= 11 is 0. The van der Waals surface area contributed by atoms with Crippen molar-refractivity contribution in [2.45, 2.75) is 200 Å². The molecule has 0 aromatic rings. The van der Waals surface area contributed by atoms with E-state index in [0.29, 0.717) is 12.8 Å². The van der Waals surface area contributed by atoms with Crippen molar-refractivity contribution in [1.82, 2.24) is 5.32 Å². The fraction of sp³-hybridized carbons (Fsp3) is 0.914. The predicted octanol–water partition coefficient (Wildman–Crippen LogP) is 10.1. The van der Waals surface area contributed by atoms with Crippen LogP contribution in [0.15, 0.2) is 0 Å². The highest BCUT2D eigenvalue weighted by atomic mass is 16.5. The summed E-state index contributed by atoms with van der Waals surface area (Å²) in [6, 6.07) is -1.18. The topological polar surface area (TPSA) is 92.7 Å². The van der Waals surface area contributed by atoms with Crippen molar-refractivity contribution < 1.29 is 24.2 Å². The van der Waals surface area contributed by atoms with E-state index >= 15 is 0 Å². The van der Waals surface area contributed by atoms with E-state index in [1.165, 1.54) is 128 Å². The lowest BCUT2D eigenvalue weighted by molar-refractivity contribution is -0.150. The van der Waals surface area contributed by atoms with Gasteiger partial charge < -0.3 is 15.2 Å². The van der Waals surface area contributed by atoms with Gasteiger partial charge in [0, 0.05) is 12.8 Å². The molecule has 0 aromatic heterocycles. The number of nitrogens with one attached hydrogen (secondary N) is 1. The molecule has 0 fully saturated rings. The lowest BCUT2D eigenvalue weighted by atomic mass is 10.0. The Kier molecular flexibility index (Phi) is 30.1. The van der Waals surface area contributed by atoms with Crippen LogP contribution in [0.4, 0.5) is 0 Å². The summed E-state index contributed by atoms with van der Waals surface area (Å²) in [6.45, 7) is 4.19. The summed E-state index contributed by atoms with van der Waals surface area (Å²) in [5.41, 5.74) is 0. The molecule has 1 amide bonds. The first-order chi connectivity index (χ1) is 20.0. The third kappa shape index (κ3) is 29.7. The molecule has 0 rings (SSSR count). The van der Waals surface area contributed by atoms with Crippen LogP contribution in [0.25, 0.3) is 0 Å². The smallest absolute Gasteiger partial charge is 0.329 e. The van der Waals surface area contributed by atoms with Crippen molar-refractivity contribution in [2.24, 2.45) is 0 Å². The van der Waals surface area contributed by atoms with Crippen LogP contribution in [0, 0.1) is 0 Å². The van der Waals surface area contributed by atoms with E-state index in [1.54, 1.807) is 0 Å². The number of carboxylic acid groups (broad SMARTS) is 1. The van der Waals surface area contributed by atoms with Gasteiger partial charge >= 0.3 is 11.9 Å². The van der Waals surface area contributed by atoms with E-state index in [9.17, 15) is 19.5 Å². The molecule has 242 valence electrons. The zero-order valence-corrected chi connectivity index (χ0v) is 27.2. The molecule has 0 aliphatic rings. The van der Waals surface area contributed by atoms with E-state index in [1.807, 2.05) is 0 Å². The molecular formula is C35H67NO5. The average Bonchev–Trinajstić information content (AvgIpc) is 2.95. The molecular weight excluding hydrogens is 514 g/mol. The molecule has 0 aliphatic heterocycles. The maximum atomic E-state index is 12.2. The Morgan fingerprint density at radius 3 is 1.17 bits per heavy atom. The highest BCUT2D eigenvalue weighted by molar-refractivity contribution is 5.83. The van der Waals surface area contributed by atoms with Crippen LogP contribution in [-0.4, -0.2) is 35.6 Å². The number of carbonyl (C=O) groups is 3. The lowest BCUT2D eigenvalue weighted by Crippen LogP contribution is -2.44. The monoisotopic (exact) mass is 582 g/mol. The van der Waals surface area contributed by atoms with E-state index in [2.05, 4.69) is 19.2 Å². The summed E-state index contributed by atoms with van der Waals surface area (Å²) in [4.78, 5) is 35.8. The maximum absolute atomic E-state index is 12.2. The number of aliphatic carboxylic acids is 1. The predicted molar refractivity (Wildman–Crippen MR) is 171 cm³/mol. The molecule has 0 radical (unpaired) electrons. The first-order valence-electron chi connectivity index (χ1n) is 17.7. The van der Waals surface area contributed by atoms with Crippen molar-refractivity contribution in [2.75, 3.05) is 6.61 Å². The summed E-state index contributed by atoms with van der Waals surface area (Å²) in [6.07, 6.45) is 32.8. The van der Waals surface area contributed by atoms with Gasteiger partial charge in [-0.1, -0.05) is 168 Å². The average molecular weight is 582 g/mol. The number of carbonyl (C=O) groups excluding carboxylic acids is 2. The van der Waals surface area contributed by atoms with E-state index in [4.69, 9.17) is 4.74 Å². The number of rotatable bonds is 32. The Bertz CT molecular complexity index is 609. The fourth-order valence-corrected chi connectivity index (χ4v) is 5.28. The van der Waals surface area contributed by atoms with Gasteiger partial charge in [0.1, 0.15) is 6.61 Å². The van der Waals surface area contributed by atoms with E-state index in [-0.39, 0.29) is 18.5 Å². The molecule has 0 bridgehead atoms. The Hall–Kier alpha value is -1.59. The number of esters is 1.